The first-order chi connectivity index (χ1) is 8.04. The molecule has 0 heterocycles. The number of hydrogen-bond donors (Lipinski definition) is 3. The van der Waals surface area contributed by atoms with E-state index in [4.69, 9.17) is 10.8 Å². The average molecular weight is 240 g/mol. The Balaban J connectivity index is 2.44. The molecule has 0 aliphatic rings. The van der Waals surface area contributed by atoms with Crippen LogP contribution in [-0.4, -0.2) is 18.3 Å². The summed E-state index contributed by atoms with van der Waals surface area (Å²) in [5, 5.41) is 12.1. The quantitative estimate of drug-likeness (QED) is 0.529. The number of benzene rings is 1. The van der Waals surface area contributed by atoms with Crippen LogP contribution >= 0.6 is 0 Å². The minimum Gasteiger partial charge on any atom is -0.397 e. The van der Waals surface area contributed by atoms with Gasteiger partial charge < -0.3 is 16.2 Å². The first kappa shape index (κ1) is 13.8. The van der Waals surface area contributed by atoms with Crippen molar-refractivity contribution in [3.8, 4) is 0 Å². The number of nitrogens with two attached hydrogens (primary N) is 1. The smallest absolute Gasteiger partial charge is 0.128 e. The number of aliphatic hydroxyl groups is 1. The number of aliphatic hydroxyl groups excluding tert-OH is 1. The molecule has 4 N–H and O–H groups in total. The van der Waals surface area contributed by atoms with E-state index in [1.807, 2.05) is 6.92 Å². The Morgan fingerprint density at radius 1 is 1.47 bits per heavy atom. The molecule has 0 fully saturated rings. The van der Waals surface area contributed by atoms with Crippen molar-refractivity contribution in [3.05, 3.63) is 23.5 Å². The third-order valence-electron chi connectivity index (χ3n) is 2.83. The van der Waals surface area contributed by atoms with E-state index in [2.05, 4.69) is 5.32 Å². The minimum atomic E-state index is -0.276. The normalized spacial score (nSPS) is 12.5. The van der Waals surface area contributed by atoms with E-state index in [0.717, 1.165) is 25.1 Å². The highest BCUT2D eigenvalue weighted by Gasteiger charge is 2.04. The highest BCUT2D eigenvalue weighted by Crippen LogP contribution is 2.22. The molecule has 96 valence electrons. The van der Waals surface area contributed by atoms with E-state index in [1.54, 1.807) is 13.0 Å². The Labute approximate surface area is 102 Å². The van der Waals surface area contributed by atoms with Crippen molar-refractivity contribution < 1.29 is 9.50 Å². The van der Waals surface area contributed by atoms with E-state index in [-0.39, 0.29) is 12.4 Å². The Hall–Kier alpha value is -1.29. The summed E-state index contributed by atoms with van der Waals surface area (Å²) in [5.74, 6) is 0.0473. The molecule has 17 heavy (non-hydrogen) atoms. The lowest BCUT2D eigenvalue weighted by Gasteiger charge is -2.12. The molecule has 1 rings (SSSR count). The van der Waals surface area contributed by atoms with Crippen LogP contribution in [0.5, 0.6) is 0 Å². The van der Waals surface area contributed by atoms with Gasteiger partial charge in [-0.15, -0.1) is 0 Å². The van der Waals surface area contributed by atoms with Gasteiger partial charge in [-0.2, -0.15) is 0 Å². The summed E-state index contributed by atoms with van der Waals surface area (Å²) in [4.78, 5) is 0. The molecule has 0 saturated heterocycles. The Kier molecular flexibility index (Phi) is 5.22. The number of aryl methyl sites for hydroxylation is 1. The van der Waals surface area contributed by atoms with Crippen LogP contribution in [0.15, 0.2) is 12.1 Å². The highest BCUT2D eigenvalue weighted by molar-refractivity contribution is 5.67. The van der Waals surface area contributed by atoms with Crippen molar-refractivity contribution in [2.45, 2.75) is 26.7 Å². The molecule has 0 spiro atoms. The molecule has 0 saturated carbocycles. The largest absolute Gasteiger partial charge is 0.397 e. The van der Waals surface area contributed by atoms with E-state index in [0.29, 0.717) is 17.2 Å². The maximum atomic E-state index is 13.2. The lowest BCUT2D eigenvalue weighted by atomic mass is 10.1. The zero-order valence-corrected chi connectivity index (χ0v) is 10.5. The van der Waals surface area contributed by atoms with Crippen LogP contribution < -0.4 is 11.1 Å². The highest BCUT2D eigenvalue weighted by atomic mass is 19.1. The number of halogens is 1. The van der Waals surface area contributed by atoms with Crippen molar-refractivity contribution in [3.63, 3.8) is 0 Å². The van der Waals surface area contributed by atoms with Crippen LogP contribution in [0.3, 0.4) is 0 Å². The maximum Gasteiger partial charge on any atom is 0.128 e. The van der Waals surface area contributed by atoms with Gasteiger partial charge in [-0.3, -0.25) is 0 Å². The number of rotatable bonds is 6. The fourth-order valence-electron chi connectivity index (χ4n) is 1.61. The van der Waals surface area contributed by atoms with Gasteiger partial charge in [-0.25, -0.2) is 4.39 Å². The van der Waals surface area contributed by atoms with Gasteiger partial charge in [0, 0.05) is 13.2 Å². The molecule has 3 nitrogen and oxygen atoms in total. The van der Waals surface area contributed by atoms with Gasteiger partial charge in [0.1, 0.15) is 5.82 Å². The third kappa shape index (κ3) is 4.23. The third-order valence-corrected chi connectivity index (χ3v) is 2.83. The number of nitrogen functional groups attached to an aromatic ring is 1. The van der Waals surface area contributed by atoms with Crippen molar-refractivity contribution in [1.82, 2.24) is 0 Å². The van der Waals surface area contributed by atoms with Crippen LogP contribution in [0.4, 0.5) is 15.8 Å². The second-order valence-electron chi connectivity index (χ2n) is 4.55. The molecular weight excluding hydrogens is 219 g/mol. The molecule has 0 aliphatic heterocycles. The fourth-order valence-corrected chi connectivity index (χ4v) is 1.61. The Morgan fingerprint density at radius 3 is 2.82 bits per heavy atom. The second-order valence-corrected chi connectivity index (χ2v) is 4.55. The predicted octanol–water partition coefficient (Wildman–Crippen LogP) is 2.54. The van der Waals surface area contributed by atoms with Gasteiger partial charge >= 0.3 is 0 Å². The van der Waals surface area contributed by atoms with Crippen molar-refractivity contribution in [2.24, 2.45) is 5.92 Å². The summed E-state index contributed by atoms with van der Waals surface area (Å²) in [7, 11) is 0. The van der Waals surface area contributed by atoms with E-state index < -0.39 is 0 Å². The monoisotopic (exact) mass is 240 g/mol. The molecule has 1 aromatic carbocycles. The summed E-state index contributed by atoms with van der Waals surface area (Å²) in [6.45, 7) is 4.72. The van der Waals surface area contributed by atoms with Crippen molar-refractivity contribution in [1.29, 1.82) is 0 Å². The molecule has 0 aromatic heterocycles. The summed E-state index contributed by atoms with van der Waals surface area (Å²) in [6, 6.07) is 3.06. The molecule has 1 aromatic rings. The first-order valence-corrected chi connectivity index (χ1v) is 5.95. The molecule has 0 amide bonds. The fraction of sp³-hybridized carbons (Fsp3) is 0.538. The second kappa shape index (κ2) is 6.45. The minimum absolute atomic E-state index is 0.220. The van der Waals surface area contributed by atoms with Crippen molar-refractivity contribution in [2.75, 3.05) is 24.2 Å². The summed E-state index contributed by atoms with van der Waals surface area (Å²) >= 11 is 0. The zero-order valence-electron chi connectivity index (χ0n) is 10.5. The number of hydrogen-bond acceptors (Lipinski definition) is 3. The predicted molar refractivity (Wildman–Crippen MR) is 69.5 cm³/mol. The van der Waals surface area contributed by atoms with Gasteiger partial charge in [0.2, 0.25) is 0 Å². The van der Waals surface area contributed by atoms with Gasteiger partial charge in [0.05, 0.1) is 11.4 Å². The van der Waals surface area contributed by atoms with Crippen LogP contribution in [0.1, 0.15) is 25.3 Å². The molecule has 1 atom stereocenters. The van der Waals surface area contributed by atoms with Gasteiger partial charge in [0.15, 0.2) is 0 Å². The van der Waals surface area contributed by atoms with E-state index >= 15 is 0 Å². The van der Waals surface area contributed by atoms with Gasteiger partial charge in [-0.1, -0.05) is 6.92 Å². The maximum absolute atomic E-state index is 13.2. The molecule has 0 aliphatic carbocycles. The topological polar surface area (TPSA) is 58.3 Å². The Bertz CT molecular complexity index is 369. The summed E-state index contributed by atoms with van der Waals surface area (Å²) < 4.78 is 13.2. The van der Waals surface area contributed by atoms with Crippen LogP contribution in [0.2, 0.25) is 0 Å². The van der Waals surface area contributed by atoms with E-state index in [1.165, 1.54) is 6.07 Å². The Morgan fingerprint density at radius 2 is 2.18 bits per heavy atom. The zero-order chi connectivity index (χ0) is 12.8. The molecule has 0 bridgehead atoms. The SMILES string of the molecule is Cc1cc(NCCCC(C)CO)c(N)cc1F. The van der Waals surface area contributed by atoms with Crippen LogP contribution in [-0.2, 0) is 0 Å². The van der Waals surface area contributed by atoms with Crippen molar-refractivity contribution >= 4 is 11.4 Å². The molecule has 0 radical (unpaired) electrons. The van der Waals surface area contributed by atoms with Gasteiger partial charge in [0.25, 0.3) is 0 Å². The van der Waals surface area contributed by atoms with Crippen LogP contribution in [0, 0.1) is 18.7 Å². The number of anilines is 2. The number of nitrogens with one attached hydrogen (secondary N) is 1. The summed E-state index contributed by atoms with van der Waals surface area (Å²) in [5.41, 5.74) is 7.52. The standard InChI is InChI=1S/C13H21FN2O/c1-9(8-17)4-3-5-16-13-6-10(2)11(14)7-12(13)15/h6-7,9,16-17H,3-5,8,15H2,1-2H3. The summed E-state index contributed by atoms with van der Waals surface area (Å²) in [6.07, 6.45) is 1.92. The first-order valence-electron chi connectivity index (χ1n) is 5.95. The molecule has 1 unspecified atom stereocenters. The lowest BCUT2D eigenvalue weighted by molar-refractivity contribution is 0.229. The van der Waals surface area contributed by atoms with Crippen LogP contribution in [0.25, 0.3) is 0 Å². The van der Waals surface area contributed by atoms with Gasteiger partial charge in [-0.05, 0) is 43.4 Å². The molecule has 4 heteroatoms. The van der Waals surface area contributed by atoms with E-state index in [9.17, 15) is 4.39 Å². The molecular formula is C13H21FN2O. The average Bonchev–Trinajstić information content (AvgIpc) is 2.30. The lowest BCUT2D eigenvalue weighted by Crippen LogP contribution is -2.08.